The van der Waals surface area contributed by atoms with Gasteiger partial charge in [-0.25, -0.2) is 4.90 Å². The van der Waals surface area contributed by atoms with Crippen molar-refractivity contribution < 1.29 is 38.7 Å². The molecule has 0 aliphatic carbocycles. The predicted octanol–water partition coefficient (Wildman–Crippen LogP) is 3.22. The average molecular weight is 878 g/mol. The summed E-state index contributed by atoms with van der Waals surface area (Å²) < 4.78 is 2.91. The number of imide groups is 3. The summed E-state index contributed by atoms with van der Waals surface area (Å²) in [5.74, 6) is -2.24. The summed E-state index contributed by atoms with van der Waals surface area (Å²) in [4.78, 5) is 86.4. The van der Waals surface area contributed by atoms with E-state index in [0.717, 1.165) is 19.3 Å². The van der Waals surface area contributed by atoms with Crippen LogP contribution < -0.4 is 20.0 Å². The first-order valence-electron chi connectivity index (χ1n) is 16.7. The van der Waals surface area contributed by atoms with Crippen LogP contribution in [0.2, 0.25) is 0 Å². The van der Waals surface area contributed by atoms with Crippen LogP contribution in [0.3, 0.4) is 0 Å². The molecule has 3 unspecified atom stereocenters. The zero-order valence-electron chi connectivity index (χ0n) is 31.1. The molecule has 0 aromatic rings. The molecule has 0 heterocycles. The molecule has 16 nitrogen and oxygen atoms in total. The molecule has 1 radical (unpaired) electrons. The van der Waals surface area contributed by atoms with Crippen molar-refractivity contribution in [3.63, 3.8) is 0 Å². The second kappa shape index (κ2) is 25.3. The van der Waals surface area contributed by atoms with Crippen LogP contribution in [0.5, 0.6) is 0 Å². The largest absolute Gasteiger partial charge is 0.392 e. The van der Waals surface area contributed by atoms with E-state index in [1.807, 2.05) is 6.92 Å². The molecule has 0 rings (SSSR count). The van der Waals surface area contributed by atoms with E-state index < -0.39 is 54.2 Å². The molecule has 0 saturated carbocycles. The number of carbonyl (C=O) groups is 7. The Labute approximate surface area is 314 Å². The van der Waals surface area contributed by atoms with Crippen LogP contribution in [-0.4, -0.2) is 97.7 Å². The summed E-state index contributed by atoms with van der Waals surface area (Å²) in [6, 6.07) is 0. The van der Waals surface area contributed by atoms with Crippen molar-refractivity contribution in [2.75, 3.05) is 26.2 Å². The molecular formula is C32H57GaIN8O8. The summed E-state index contributed by atoms with van der Waals surface area (Å²) in [6.45, 7) is 15.3. The van der Waals surface area contributed by atoms with Crippen LogP contribution in [0.25, 0.3) is 10.4 Å². The van der Waals surface area contributed by atoms with E-state index in [9.17, 15) is 38.7 Å². The van der Waals surface area contributed by atoms with Crippen molar-refractivity contribution in [2.24, 2.45) is 21.4 Å². The third-order valence-electron chi connectivity index (χ3n) is 7.97. The van der Waals surface area contributed by atoms with E-state index in [0.29, 0.717) is 37.3 Å². The van der Waals surface area contributed by atoms with Gasteiger partial charge in [-0.1, -0.05) is 25.9 Å². The van der Waals surface area contributed by atoms with Gasteiger partial charge in [-0.15, -0.1) is 0 Å². The maximum absolute atomic E-state index is 13.6. The first-order chi connectivity index (χ1) is 23.1. The van der Waals surface area contributed by atoms with Gasteiger partial charge in [-0.3, -0.25) is 24.0 Å². The molecule has 0 saturated heterocycles. The van der Waals surface area contributed by atoms with Crippen LogP contribution >= 0.6 is 19.7 Å². The molecule has 0 aliphatic rings. The van der Waals surface area contributed by atoms with E-state index in [-0.39, 0.29) is 49.6 Å². The second-order valence-electron chi connectivity index (χ2n) is 13.5. The number of halogens is 1. The number of hydrogen-bond acceptors (Lipinski definition) is 9. The van der Waals surface area contributed by atoms with Gasteiger partial charge in [-0.05, 0) is 31.7 Å². The summed E-state index contributed by atoms with van der Waals surface area (Å²) in [5.41, 5.74) is 5.59. The molecule has 3 atom stereocenters. The standard InChI is InChI=1S/C26H49N7O5.C6H9NO3.Ga.HI/c1-7-25(5,22(37)31-16-19(2)34)18-26(6,23(38)30-14-11-15-32-33-28)17-24(3,4)21(36)29-13-10-8-9-12-20(27)35;1-4(8)7(5(2)9)6(3)10;;/h19,34H,7-18H2,1-6H3,(H5,27,29,30,31,35,36,37,38);1-3H3;;1H/q;;+2;/p-2. The maximum atomic E-state index is 13.6. The van der Waals surface area contributed by atoms with E-state index in [1.54, 1.807) is 34.6 Å². The molecule has 0 aliphatic heterocycles. The fourth-order valence-electron chi connectivity index (χ4n) is 5.40. The number of nitrogens with zero attached hydrogens (tertiary/aromatic N) is 4. The van der Waals surface area contributed by atoms with Crippen LogP contribution in [0.1, 0.15) is 114 Å². The average Bonchev–Trinajstić information content (AvgIpc) is 3.00. The molecule has 0 aromatic heterocycles. The molecule has 0 aromatic carbocycles. The number of aliphatic hydroxyl groups is 1. The molecule has 50 heavy (non-hydrogen) atoms. The van der Waals surface area contributed by atoms with Crippen molar-refractivity contribution in [2.45, 2.75) is 120 Å². The quantitative estimate of drug-likeness (QED) is 0.0286. The van der Waals surface area contributed by atoms with Crippen LogP contribution in [0.4, 0.5) is 0 Å². The molecule has 0 bridgehead atoms. The zero-order valence-corrected chi connectivity index (χ0v) is 35.7. The van der Waals surface area contributed by atoms with Gasteiger partial charge >= 0.3 is 128 Å². The fourth-order valence-corrected chi connectivity index (χ4v) is 7.76. The smallest absolute Gasteiger partial charge is 0.226 e. The number of nitrogens with one attached hydrogen (secondary N) is 4. The van der Waals surface area contributed by atoms with Crippen LogP contribution in [0.15, 0.2) is 5.11 Å². The zero-order chi connectivity index (χ0) is 39.1. The molecule has 283 valence electrons. The fraction of sp³-hybridized carbons (Fsp3) is 0.781. The van der Waals surface area contributed by atoms with E-state index in [1.165, 1.54) is 20.8 Å². The Bertz CT molecular complexity index is 1180. The van der Waals surface area contributed by atoms with Crippen molar-refractivity contribution in [1.29, 1.82) is 0 Å². The summed E-state index contributed by atoms with van der Waals surface area (Å²) >= 11 is 1.58. The third kappa shape index (κ3) is 20.2. The number of hydrogen-bond donors (Lipinski definition) is 5. The number of carbonyl (C=O) groups excluding carboxylic acids is 7. The number of unbranched alkanes of at least 4 members (excludes halogenated alkanes) is 2. The minimum absolute atomic E-state index is 0.0913. The number of aliphatic hydroxyl groups excluding tert-OH is 1. The monoisotopic (exact) mass is 877 g/mol. The van der Waals surface area contributed by atoms with E-state index in [4.69, 9.17) is 5.53 Å². The van der Waals surface area contributed by atoms with E-state index in [2.05, 4.69) is 49.7 Å². The van der Waals surface area contributed by atoms with Crippen LogP contribution in [0, 0.1) is 16.2 Å². The van der Waals surface area contributed by atoms with E-state index >= 15 is 0 Å². The number of amides is 7. The Morgan fingerprint density at radius 1 is 0.820 bits per heavy atom. The van der Waals surface area contributed by atoms with Gasteiger partial charge in [0, 0.05) is 50.7 Å². The summed E-state index contributed by atoms with van der Waals surface area (Å²) in [7, 11) is 0. The van der Waals surface area contributed by atoms with Crippen LogP contribution in [-0.2, 0) is 33.6 Å². The van der Waals surface area contributed by atoms with Crippen molar-refractivity contribution >= 4 is 75.1 Å². The van der Waals surface area contributed by atoms with Crippen molar-refractivity contribution in [3.8, 4) is 0 Å². The number of rotatable bonds is 21. The normalized spacial score (nSPS) is 13.7. The number of azide groups is 1. The topological polar surface area (TPSA) is 240 Å². The molecule has 0 fully saturated rings. The summed E-state index contributed by atoms with van der Waals surface area (Å²) in [5, 5.41) is 21.8. The van der Waals surface area contributed by atoms with Gasteiger partial charge in [0.2, 0.25) is 29.5 Å². The molecular weight excluding hydrogens is 821 g/mol. The molecule has 0 spiro atoms. The first-order valence-corrected chi connectivity index (χ1v) is 25.3. The van der Waals surface area contributed by atoms with Gasteiger partial charge in [0.05, 0.1) is 6.10 Å². The summed E-state index contributed by atoms with van der Waals surface area (Å²) in [6.07, 6.45) is 3.47. The van der Waals surface area contributed by atoms with Gasteiger partial charge in [0.15, 0.2) is 0 Å². The Hall–Kier alpha value is -2.67. The van der Waals surface area contributed by atoms with Gasteiger partial charge in [-0.2, -0.15) is 0 Å². The first kappa shape index (κ1) is 49.4. The Morgan fingerprint density at radius 2 is 1.34 bits per heavy atom. The Kier molecular flexibility index (Phi) is 25.0. The SMILES string of the molecule is CC(=O)N(C(C)=O)C(C)=O.CCC(C)(CC(C)(CC(C)(C)C(=O)NCCCCCC(=O)[NH][Ga][I])C(=O)NCCCN=[N+]=[N-])C(=O)NCC(C)O. The van der Waals surface area contributed by atoms with Gasteiger partial charge in [0.1, 0.15) is 0 Å². The second-order valence-corrected chi connectivity index (χ2v) is 17.8. The predicted molar refractivity (Wildman–Crippen MR) is 199 cm³/mol. The Morgan fingerprint density at radius 3 is 1.80 bits per heavy atom. The van der Waals surface area contributed by atoms with Crippen molar-refractivity contribution in [3.05, 3.63) is 10.4 Å². The third-order valence-corrected chi connectivity index (χ3v) is 10.5. The van der Waals surface area contributed by atoms with Gasteiger partial charge < -0.3 is 15.7 Å². The molecule has 7 amide bonds. The maximum Gasteiger partial charge on any atom is 0.226 e. The molecule has 5 N–H and O–H groups in total. The van der Waals surface area contributed by atoms with Gasteiger partial charge in [0.25, 0.3) is 0 Å². The van der Waals surface area contributed by atoms with Crippen molar-refractivity contribution in [1.82, 2.24) is 24.9 Å². The minimum Gasteiger partial charge on any atom is -0.392 e. The Balaban J connectivity index is 0. The minimum atomic E-state index is -1.07. The molecule has 18 heteroatoms.